The lowest BCUT2D eigenvalue weighted by Crippen LogP contribution is -2.23. The molecule has 0 amide bonds. The quantitative estimate of drug-likeness (QED) is 0.681. The van der Waals surface area contributed by atoms with Crippen molar-refractivity contribution < 1.29 is 0 Å². The predicted molar refractivity (Wildman–Crippen MR) is 50.3 cm³/mol. The number of anilines is 1. The summed E-state index contributed by atoms with van der Waals surface area (Å²) in [5, 5.41) is 7.97. The van der Waals surface area contributed by atoms with Crippen LogP contribution in [-0.4, -0.2) is 23.3 Å². The average molecular weight is 165 g/mol. The Morgan fingerprint density at radius 3 is 2.50 bits per heavy atom. The van der Waals surface area contributed by atoms with Crippen LogP contribution in [0, 0.1) is 6.92 Å². The van der Waals surface area contributed by atoms with Crippen LogP contribution in [0.15, 0.2) is 12.3 Å². The van der Waals surface area contributed by atoms with Crippen LogP contribution in [0.5, 0.6) is 0 Å². The maximum absolute atomic E-state index is 4.06. The molecular weight excluding hydrogens is 150 g/mol. The molecule has 0 aliphatic heterocycles. The largest absolute Gasteiger partial charge is 0.356 e. The van der Waals surface area contributed by atoms with Crippen molar-refractivity contribution >= 4 is 5.82 Å². The summed E-state index contributed by atoms with van der Waals surface area (Å²) in [6.45, 7) is 8.23. The number of hydrogen-bond acceptors (Lipinski definition) is 3. The summed E-state index contributed by atoms with van der Waals surface area (Å²) < 4.78 is 0. The summed E-state index contributed by atoms with van der Waals surface area (Å²) in [6, 6.07) is 2.06. The molecule has 0 bridgehead atoms. The highest BCUT2D eigenvalue weighted by molar-refractivity contribution is 5.38. The summed E-state index contributed by atoms with van der Waals surface area (Å²) in [4.78, 5) is 2.18. The van der Waals surface area contributed by atoms with Gasteiger partial charge in [0.25, 0.3) is 0 Å². The van der Waals surface area contributed by atoms with Crippen LogP contribution >= 0.6 is 0 Å². The normalized spacial score (nSPS) is 9.92. The fourth-order valence-corrected chi connectivity index (χ4v) is 1.15. The van der Waals surface area contributed by atoms with Gasteiger partial charge >= 0.3 is 0 Å². The molecule has 0 spiro atoms. The Labute approximate surface area is 73.4 Å². The van der Waals surface area contributed by atoms with E-state index < -0.39 is 0 Å². The highest BCUT2D eigenvalue weighted by atomic mass is 15.2. The van der Waals surface area contributed by atoms with Gasteiger partial charge in [0.15, 0.2) is 5.82 Å². The van der Waals surface area contributed by atoms with Crippen LogP contribution in [0.2, 0.25) is 0 Å². The first-order valence-corrected chi connectivity index (χ1v) is 4.32. The van der Waals surface area contributed by atoms with Gasteiger partial charge in [0.05, 0.1) is 6.20 Å². The Kier molecular flexibility index (Phi) is 3.02. The van der Waals surface area contributed by atoms with E-state index in [4.69, 9.17) is 0 Å². The fourth-order valence-electron chi connectivity index (χ4n) is 1.15. The van der Waals surface area contributed by atoms with Gasteiger partial charge in [-0.05, 0) is 32.4 Å². The van der Waals surface area contributed by atoms with Crippen molar-refractivity contribution in [2.24, 2.45) is 0 Å². The highest BCUT2D eigenvalue weighted by Gasteiger charge is 2.02. The van der Waals surface area contributed by atoms with Gasteiger partial charge in [-0.25, -0.2) is 0 Å². The average Bonchev–Trinajstić information content (AvgIpc) is 2.07. The fraction of sp³-hybridized carbons (Fsp3) is 0.556. The van der Waals surface area contributed by atoms with Gasteiger partial charge in [-0.2, -0.15) is 5.10 Å². The maximum Gasteiger partial charge on any atom is 0.151 e. The third kappa shape index (κ3) is 1.94. The molecule has 1 heterocycles. The second kappa shape index (κ2) is 4.04. The molecule has 0 fully saturated rings. The molecule has 0 N–H and O–H groups in total. The van der Waals surface area contributed by atoms with Crippen LogP contribution < -0.4 is 4.90 Å². The van der Waals surface area contributed by atoms with Gasteiger partial charge in [-0.15, -0.1) is 5.10 Å². The number of rotatable bonds is 3. The van der Waals surface area contributed by atoms with Crippen molar-refractivity contribution in [1.82, 2.24) is 10.2 Å². The van der Waals surface area contributed by atoms with E-state index in [1.54, 1.807) is 6.20 Å². The Balaban J connectivity index is 2.85. The van der Waals surface area contributed by atoms with Gasteiger partial charge in [-0.3, -0.25) is 0 Å². The molecule has 1 aromatic rings. The van der Waals surface area contributed by atoms with Crippen molar-refractivity contribution in [3.63, 3.8) is 0 Å². The van der Waals surface area contributed by atoms with Crippen molar-refractivity contribution in [2.75, 3.05) is 18.0 Å². The Morgan fingerprint density at radius 2 is 2.00 bits per heavy atom. The molecule has 0 atom stereocenters. The molecule has 66 valence electrons. The zero-order valence-corrected chi connectivity index (χ0v) is 7.91. The Bertz CT molecular complexity index is 243. The van der Waals surface area contributed by atoms with Gasteiger partial charge in [-0.1, -0.05) is 0 Å². The van der Waals surface area contributed by atoms with Crippen molar-refractivity contribution in [1.29, 1.82) is 0 Å². The molecule has 0 saturated carbocycles. The minimum absolute atomic E-state index is 0.972. The second-order valence-corrected chi connectivity index (χ2v) is 2.76. The van der Waals surface area contributed by atoms with Gasteiger partial charge in [0.2, 0.25) is 0 Å². The van der Waals surface area contributed by atoms with Crippen molar-refractivity contribution in [3.8, 4) is 0 Å². The maximum atomic E-state index is 4.06. The zero-order valence-electron chi connectivity index (χ0n) is 7.91. The Morgan fingerprint density at radius 1 is 1.33 bits per heavy atom. The third-order valence-corrected chi connectivity index (χ3v) is 1.87. The number of hydrogen-bond donors (Lipinski definition) is 0. The van der Waals surface area contributed by atoms with Crippen LogP contribution in [-0.2, 0) is 0 Å². The number of nitrogens with zero attached hydrogens (tertiary/aromatic N) is 3. The first kappa shape index (κ1) is 8.97. The summed E-state index contributed by atoms with van der Waals surface area (Å²) in [6.07, 6.45) is 1.77. The van der Waals surface area contributed by atoms with Crippen LogP contribution in [0.4, 0.5) is 5.82 Å². The molecule has 0 aromatic carbocycles. The molecule has 12 heavy (non-hydrogen) atoms. The van der Waals surface area contributed by atoms with E-state index in [9.17, 15) is 0 Å². The monoisotopic (exact) mass is 165 g/mol. The summed E-state index contributed by atoms with van der Waals surface area (Å²) in [7, 11) is 0. The van der Waals surface area contributed by atoms with E-state index in [1.165, 1.54) is 0 Å². The third-order valence-electron chi connectivity index (χ3n) is 1.87. The first-order valence-electron chi connectivity index (χ1n) is 4.32. The molecule has 0 radical (unpaired) electrons. The van der Waals surface area contributed by atoms with Gasteiger partial charge < -0.3 is 4.90 Å². The molecular formula is C9H15N3. The zero-order chi connectivity index (χ0) is 8.97. The lowest BCUT2D eigenvalue weighted by atomic mass is 10.3. The van der Waals surface area contributed by atoms with E-state index in [1.807, 2.05) is 6.92 Å². The topological polar surface area (TPSA) is 29.0 Å². The lowest BCUT2D eigenvalue weighted by Gasteiger charge is -2.18. The molecule has 0 aliphatic carbocycles. The second-order valence-electron chi connectivity index (χ2n) is 2.76. The lowest BCUT2D eigenvalue weighted by molar-refractivity contribution is 0.822. The molecule has 3 nitrogen and oxygen atoms in total. The molecule has 0 unspecified atom stereocenters. The van der Waals surface area contributed by atoms with Gasteiger partial charge in [0.1, 0.15) is 0 Å². The first-order chi connectivity index (χ1) is 5.77. The number of aryl methyl sites for hydroxylation is 1. The van der Waals surface area contributed by atoms with Gasteiger partial charge in [0, 0.05) is 13.1 Å². The summed E-state index contributed by atoms with van der Waals surface area (Å²) >= 11 is 0. The molecule has 1 rings (SSSR count). The summed E-state index contributed by atoms with van der Waals surface area (Å²) in [5.41, 5.74) is 1.16. The minimum Gasteiger partial charge on any atom is -0.356 e. The minimum atomic E-state index is 0.972. The van der Waals surface area contributed by atoms with E-state index >= 15 is 0 Å². The smallest absolute Gasteiger partial charge is 0.151 e. The van der Waals surface area contributed by atoms with E-state index in [-0.39, 0.29) is 0 Å². The molecule has 1 aromatic heterocycles. The van der Waals surface area contributed by atoms with Crippen molar-refractivity contribution in [3.05, 3.63) is 17.8 Å². The molecule has 3 heteroatoms. The highest BCUT2D eigenvalue weighted by Crippen LogP contribution is 2.09. The van der Waals surface area contributed by atoms with Crippen LogP contribution in [0.25, 0.3) is 0 Å². The Hall–Kier alpha value is -1.12. The number of aromatic nitrogens is 2. The summed E-state index contributed by atoms with van der Waals surface area (Å²) in [5.74, 6) is 0.972. The standard InChI is InChI=1S/C9H15N3/c1-4-12(5-2)9-6-8(3)7-10-11-9/h6-7H,4-5H2,1-3H3. The predicted octanol–water partition coefficient (Wildman–Crippen LogP) is 1.63. The van der Waals surface area contributed by atoms with E-state index in [2.05, 4.69) is 35.0 Å². The van der Waals surface area contributed by atoms with Crippen molar-refractivity contribution in [2.45, 2.75) is 20.8 Å². The van der Waals surface area contributed by atoms with Crippen LogP contribution in [0.1, 0.15) is 19.4 Å². The van der Waals surface area contributed by atoms with Crippen LogP contribution in [0.3, 0.4) is 0 Å². The van der Waals surface area contributed by atoms with E-state index in [0.717, 1.165) is 24.5 Å². The molecule has 0 aliphatic rings. The van der Waals surface area contributed by atoms with E-state index in [0.29, 0.717) is 0 Å². The molecule has 0 saturated heterocycles. The SMILES string of the molecule is CCN(CC)c1cc(C)cnn1.